The molecule has 0 saturated heterocycles. The second kappa shape index (κ2) is 3.48. The number of carbonyl (C=O) groups is 2. The predicted molar refractivity (Wildman–Crippen MR) is 40.5 cm³/mol. The van der Waals surface area contributed by atoms with E-state index in [2.05, 4.69) is 11.1 Å². The van der Waals surface area contributed by atoms with Gasteiger partial charge in [0.1, 0.15) is 0 Å². The fourth-order valence-electron chi connectivity index (χ4n) is 0.681. The van der Waals surface area contributed by atoms with Gasteiger partial charge in [-0.05, 0) is 5.41 Å². The third-order valence-electron chi connectivity index (χ3n) is 0.970. The van der Waals surface area contributed by atoms with E-state index in [0.717, 1.165) is 0 Å². The summed E-state index contributed by atoms with van der Waals surface area (Å²) in [5.74, 6) is -0.266. The normalized spacial score (nSPS) is 10.9. The molecule has 11 heavy (non-hydrogen) atoms. The highest BCUT2D eigenvalue weighted by Gasteiger charge is 2.17. The molecule has 0 spiro atoms. The molecule has 4 heteroatoms. The van der Waals surface area contributed by atoms with Gasteiger partial charge in [0, 0.05) is 6.42 Å². The molecule has 0 fully saturated rings. The zero-order chi connectivity index (χ0) is 9.07. The van der Waals surface area contributed by atoms with E-state index in [1.807, 2.05) is 20.8 Å². The molecule has 0 radical (unpaired) electrons. The molecule has 0 unspecified atom stereocenters. The molecule has 0 aliphatic rings. The van der Waals surface area contributed by atoms with Gasteiger partial charge in [0.15, 0.2) is 0 Å². The fourth-order valence-corrected chi connectivity index (χ4v) is 0.681. The van der Waals surface area contributed by atoms with Crippen molar-refractivity contribution in [2.75, 3.05) is 0 Å². The van der Waals surface area contributed by atoms with Crippen LogP contribution in [0.25, 0.3) is 0 Å². The number of hydrogen-bond donors (Lipinski definition) is 2. The largest absolute Gasteiger partial charge is 0.418 e. The van der Waals surface area contributed by atoms with Gasteiger partial charge in [0.2, 0.25) is 5.91 Å². The SMILES string of the molecule is CC(C)(C)CC(=O)NC([NH3+])=O. The monoisotopic (exact) mass is 159 g/mol. The van der Waals surface area contributed by atoms with Gasteiger partial charge in [0.05, 0.1) is 0 Å². The van der Waals surface area contributed by atoms with Crippen LogP contribution in [0.15, 0.2) is 0 Å². The lowest BCUT2D eigenvalue weighted by Gasteiger charge is -2.15. The summed E-state index contributed by atoms with van der Waals surface area (Å²) in [7, 11) is 0. The Morgan fingerprint density at radius 1 is 1.36 bits per heavy atom. The van der Waals surface area contributed by atoms with Crippen LogP contribution in [-0.4, -0.2) is 11.9 Å². The van der Waals surface area contributed by atoms with Gasteiger partial charge in [-0.15, -0.1) is 0 Å². The molecule has 0 heterocycles. The number of urea groups is 1. The van der Waals surface area contributed by atoms with Crippen LogP contribution in [-0.2, 0) is 4.79 Å². The summed E-state index contributed by atoms with van der Waals surface area (Å²) in [6.07, 6.45) is 0.342. The van der Waals surface area contributed by atoms with Crippen molar-refractivity contribution >= 4 is 11.9 Å². The highest BCUT2D eigenvalue weighted by molar-refractivity contribution is 5.90. The van der Waals surface area contributed by atoms with Crippen LogP contribution in [0.1, 0.15) is 27.2 Å². The molecule has 64 valence electrons. The van der Waals surface area contributed by atoms with E-state index in [-0.39, 0.29) is 11.3 Å². The number of imide groups is 1. The number of rotatable bonds is 1. The molecule has 3 amide bonds. The first-order valence-corrected chi connectivity index (χ1v) is 3.47. The summed E-state index contributed by atoms with van der Waals surface area (Å²) >= 11 is 0. The third kappa shape index (κ3) is 6.99. The Labute approximate surface area is 66.1 Å². The first-order chi connectivity index (χ1) is 4.81. The van der Waals surface area contributed by atoms with Crippen molar-refractivity contribution in [2.45, 2.75) is 27.2 Å². The van der Waals surface area contributed by atoms with E-state index in [1.54, 1.807) is 0 Å². The maximum Gasteiger partial charge on any atom is 0.418 e. The van der Waals surface area contributed by atoms with Gasteiger partial charge in [-0.3, -0.25) is 10.5 Å². The molecule has 4 N–H and O–H groups in total. The molecule has 0 aromatic rings. The van der Waals surface area contributed by atoms with E-state index in [1.165, 1.54) is 0 Å². The van der Waals surface area contributed by atoms with Gasteiger partial charge in [-0.25, -0.2) is 10.1 Å². The van der Waals surface area contributed by atoms with Crippen molar-refractivity contribution in [2.24, 2.45) is 5.41 Å². The Kier molecular flexibility index (Phi) is 3.19. The Bertz CT molecular complexity index is 170. The maximum atomic E-state index is 10.9. The molecule has 0 rings (SSSR count). The standard InChI is InChI=1S/C7H14N2O2/c1-7(2,3)4-5(10)9-6(8)11/h4H2,1-3H3,(H3,8,9,10,11)/p+1. The van der Waals surface area contributed by atoms with Crippen LogP contribution in [0, 0.1) is 5.41 Å². The van der Waals surface area contributed by atoms with Gasteiger partial charge in [-0.2, -0.15) is 0 Å². The molecule has 0 bridgehead atoms. The minimum atomic E-state index is -0.542. The molecule has 0 aromatic carbocycles. The van der Waals surface area contributed by atoms with E-state index in [0.29, 0.717) is 6.42 Å². The quantitative estimate of drug-likeness (QED) is 0.560. The summed E-state index contributed by atoms with van der Waals surface area (Å²) in [6.45, 7) is 5.79. The van der Waals surface area contributed by atoms with E-state index in [9.17, 15) is 9.59 Å². The van der Waals surface area contributed by atoms with Crippen molar-refractivity contribution in [3.8, 4) is 0 Å². The molecule has 0 aromatic heterocycles. The lowest BCUT2D eigenvalue weighted by molar-refractivity contribution is -0.250. The van der Waals surface area contributed by atoms with Crippen LogP contribution >= 0.6 is 0 Å². The lowest BCUT2D eigenvalue weighted by atomic mass is 9.92. The van der Waals surface area contributed by atoms with Crippen LogP contribution in [0.4, 0.5) is 4.79 Å². The Morgan fingerprint density at radius 3 is 2.09 bits per heavy atom. The number of hydrogen-bond acceptors (Lipinski definition) is 2. The van der Waals surface area contributed by atoms with Crippen molar-refractivity contribution in [1.29, 1.82) is 0 Å². The Morgan fingerprint density at radius 2 is 1.82 bits per heavy atom. The third-order valence-corrected chi connectivity index (χ3v) is 0.970. The molecule has 0 atom stereocenters. The smallest absolute Gasteiger partial charge is 0.274 e. The number of nitrogens with one attached hydrogen (secondary N) is 1. The summed E-state index contributed by atoms with van der Waals surface area (Å²) in [5.41, 5.74) is 2.95. The summed E-state index contributed by atoms with van der Waals surface area (Å²) in [4.78, 5) is 21.2. The predicted octanol–water partition coefficient (Wildman–Crippen LogP) is -0.0993. The first-order valence-electron chi connectivity index (χ1n) is 3.47. The summed E-state index contributed by atoms with van der Waals surface area (Å²) in [6, 6.07) is -0.542. The zero-order valence-corrected chi connectivity index (χ0v) is 7.23. The van der Waals surface area contributed by atoms with E-state index < -0.39 is 6.03 Å². The van der Waals surface area contributed by atoms with Gasteiger partial charge < -0.3 is 0 Å². The second-order valence-electron chi connectivity index (χ2n) is 3.71. The average Bonchev–Trinajstić information content (AvgIpc) is 1.53. The van der Waals surface area contributed by atoms with Crippen LogP contribution < -0.4 is 11.1 Å². The Hall–Kier alpha value is -0.900. The topological polar surface area (TPSA) is 73.8 Å². The highest BCUT2D eigenvalue weighted by Crippen LogP contribution is 2.17. The molecule has 0 aliphatic carbocycles. The van der Waals surface area contributed by atoms with Crippen LogP contribution in [0.5, 0.6) is 0 Å². The number of carbonyl (C=O) groups excluding carboxylic acids is 2. The van der Waals surface area contributed by atoms with Crippen molar-refractivity contribution in [1.82, 2.24) is 5.32 Å². The minimum Gasteiger partial charge on any atom is -0.274 e. The van der Waals surface area contributed by atoms with Gasteiger partial charge in [-0.1, -0.05) is 20.8 Å². The van der Waals surface area contributed by atoms with Crippen molar-refractivity contribution in [3.63, 3.8) is 0 Å². The summed E-state index contributed by atoms with van der Waals surface area (Å²) in [5, 5.41) is 2.11. The fraction of sp³-hybridized carbons (Fsp3) is 0.714. The van der Waals surface area contributed by atoms with Crippen LogP contribution in [0.3, 0.4) is 0 Å². The molecule has 4 nitrogen and oxygen atoms in total. The first kappa shape index (κ1) is 10.1. The number of quaternary nitrogens is 1. The molecule has 0 aliphatic heterocycles. The minimum absolute atomic E-state index is 0.0838. The highest BCUT2D eigenvalue weighted by atomic mass is 16.2. The molecular formula is C7H15N2O2+. The van der Waals surface area contributed by atoms with E-state index in [4.69, 9.17) is 0 Å². The second-order valence-corrected chi connectivity index (χ2v) is 3.71. The molecular weight excluding hydrogens is 144 g/mol. The summed E-state index contributed by atoms with van der Waals surface area (Å²) < 4.78 is 0. The van der Waals surface area contributed by atoms with Gasteiger partial charge >= 0.3 is 6.03 Å². The molecule has 0 saturated carbocycles. The van der Waals surface area contributed by atoms with Crippen LogP contribution in [0.2, 0.25) is 0 Å². The maximum absolute atomic E-state index is 10.9. The number of amides is 3. The zero-order valence-electron chi connectivity index (χ0n) is 7.23. The lowest BCUT2D eigenvalue weighted by Crippen LogP contribution is -2.64. The Balaban J connectivity index is 3.80. The average molecular weight is 159 g/mol. The van der Waals surface area contributed by atoms with E-state index >= 15 is 0 Å². The van der Waals surface area contributed by atoms with Crippen molar-refractivity contribution < 1.29 is 15.3 Å². The van der Waals surface area contributed by atoms with Crippen molar-refractivity contribution in [3.05, 3.63) is 0 Å². The van der Waals surface area contributed by atoms with Gasteiger partial charge in [0.25, 0.3) is 0 Å².